The number of carbonyl (C=O) groups is 1. The quantitative estimate of drug-likeness (QED) is 0.483. The van der Waals surface area contributed by atoms with Gasteiger partial charge in [-0.3, -0.25) is 14.2 Å². The normalized spacial score (nSPS) is 16.7. The second-order valence-corrected chi connectivity index (χ2v) is 9.06. The lowest BCUT2D eigenvalue weighted by Crippen LogP contribution is -2.15. The van der Waals surface area contributed by atoms with Crippen LogP contribution in [-0.4, -0.2) is 30.5 Å². The highest BCUT2D eigenvalue weighted by atomic mass is 16.1. The predicted octanol–water partition coefficient (Wildman–Crippen LogP) is 5.08. The second kappa shape index (κ2) is 7.58. The molecule has 0 aliphatic heterocycles. The van der Waals surface area contributed by atoms with Gasteiger partial charge in [0.05, 0.1) is 29.6 Å². The molecule has 6 rings (SSSR count). The van der Waals surface area contributed by atoms with Crippen molar-refractivity contribution in [2.75, 3.05) is 5.32 Å². The van der Waals surface area contributed by atoms with Gasteiger partial charge in [0, 0.05) is 29.9 Å². The number of amides is 1. The van der Waals surface area contributed by atoms with Crippen LogP contribution in [0.2, 0.25) is 0 Å². The van der Waals surface area contributed by atoms with Gasteiger partial charge in [0.1, 0.15) is 5.69 Å². The zero-order chi connectivity index (χ0) is 21.7. The molecule has 0 unspecified atom stereocenters. The molecule has 2 aliphatic carbocycles. The summed E-state index contributed by atoms with van der Waals surface area (Å²) in [6, 6.07) is 10.4. The molecule has 0 bridgehead atoms. The zero-order valence-corrected chi connectivity index (χ0v) is 18.2. The Hall–Kier alpha value is -3.48. The minimum absolute atomic E-state index is 0.194. The summed E-state index contributed by atoms with van der Waals surface area (Å²) in [4.78, 5) is 17.7. The lowest BCUT2D eigenvalue weighted by molar-refractivity contribution is 0.102. The van der Waals surface area contributed by atoms with E-state index >= 15 is 0 Å². The van der Waals surface area contributed by atoms with Crippen molar-refractivity contribution in [1.82, 2.24) is 24.5 Å². The van der Waals surface area contributed by atoms with Crippen LogP contribution >= 0.6 is 0 Å². The molecular weight excluding hydrogens is 400 g/mol. The summed E-state index contributed by atoms with van der Waals surface area (Å²) in [6.07, 6.45) is 12.9. The van der Waals surface area contributed by atoms with Crippen LogP contribution in [0.1, 0.15) is 66.5 Å². The van der Waals surface area contributed by atoms with Crippen LogP contribution in [0, 0.1) is 0 Å². The fourth-order valence-electron chi connectivity index (χ4n) is 4.85. The highest BCUT2D eigenvalue weighted by Crippen LogP contribution is 2.45. The number of hydrogen-bond donors (Lipinski definition) is 1. The van der Waals surface area contributed by atoms with E-state index in [0.29, 0.717) is 17.7 Å². The van der Waals surface area contributed by atoms with Crippen molar-refractivity contribution in [3.63, 3.8) is 0 Å². The molecule has 162 valence electrons. The zero-order valence-electron chi connectivity index (χ0n) is 18.2. The van der Waals surface area contributed by atoms with Gasteiger partial charge in [-0.2, -0.15) is 10.2 Å². The molecule has 1 amide bonds. The number of anilines is 1. The molecule has 32 heavy (non-hydrogen) atoms. The van der Waals surface area contributed by atoms with E-state index in [0.717, 1.165) is 22.3 Å². The van der Waals surface area contributed by atoms with Gasteiger partial charge in [-0.05, 0) is 61.4 Å². The molecular formula is C25H26N6O. The molecule has 1 N–H and O–H groups in total. The fourth-order valence-corrected chi connectivity index (χ4v) is 4.85. The first-order valence-electron chi connectivity index (χ1n) is 11.4. The van der Waals surface area contributed by atoms with Gasteiger partial charge in [0.25, 0.3) is 5.91 Å². The maximum Gasteiger partial charge on any atom is 0.274 e. The minimum atomic E-state index is -0.194. The number of aromatic nitrogens is 5. The topological polar surface area (TPSA) is 77.6 Å². The van der Waals surface area contributed by atoms with E-state index in [1.54, 1.807) is 16.9 Å². The summed E-state index contributed by atoms with van der Waals surface area (Å²) in [5.74, 6) is 0.316. The van der Waals surface area contributed by atoms with Crippen LogP contribution in [0.5, 0.6) is 0 Å². The maximum absolute atomic E-state index is 13.1. The highest BCUT2D eigenvalue weighted by molar-refractivity contribution is 6.04. The number of rotatable bonds is 5. The largest absolute Gasteiger partial charge is 0.320 e. The molecule has 2 fully saturated rings. The maximum atomic E-state index is 13.1. The summed E-state index contributed by atoms with van der Waals surface area (Å²) < 4.78 is 3.94. The molecule has 7 heteroatoms. The SMILES string of the molecule is Cn1cc(-c2cccc(C(=O)Nc3cc4cnn(C5CCCC5)c4cc3C3CC3)n2)cn1. The lowest BCUT2D eigenvalue weighted by Gasteiger charge is -2.15. The monoisotopic (exact) mass is 426 g/mol. The Bertz CT molecular complexity index is 1310. The fraction of sp³-hybridized carbons (Fsp3) is 0.360. The third-order valence-electron chi connectivity index (χ3n) is 6.69. The Labute approximate surface area is 186 Å². The van der Waals surface area contributed by atoms with Crippen molar-refractivity contribution in [2.45, 2.75) is 50.5 Å². The Morgan fingerprint density at radius 2 is 1.91 bits per heavy atom. The number of pyridine rings is 1. The van der Waals surface area contributed by atoms with Gasteiger partial charge in [-0.1, -0.05) is 18.9 Å². The van der Waals surface area contributed by atoms with Gasteiger partial charge in [0.15, 0.2) is 0 Å². The third-order valence-corrected chi connectivity index (χ3v) is 6.69. The molecule has 0 radical (unpaired) electrons. The molecule has 3 aromatic heterocycles. The smallest absolute Gasteiger partial charge is 0.274 e. The second-order valence-electron chi connectivity index (χ2n) is 9.06. The van der Waals surface area contributed by atoms with Gasteiger partial charge in [0.2, 0.25) is 0 Å². The summed E-state index contributed by atoms with van der Waals surface area (Å²) in [5.41, 5.74) is 5.31. The van der Waals surface area contributed by atoms with E-state index < -0.39 is 0 Å². The molecule has 2 saturated carbocycles. The standard InChI is InChI=1S/C25H26N6O/c1-30-15-18(14-26-30)21-7-4-8-22(28-21)25(32)29-23-11-17-13-27-31(19-5-2-3-6-19)24(17)12-20(23)16-9-10-16/h4,7-8,11-16,19H,2-3,5-6,9-10H2,1H3,(H,29,32). The van der Waals surface area contributed by atoms with Crippen LogP contribution in [0.25, 0.3) is 22.2 Å². The predicted molar refractivity (Wildman–Crippen MR) is 124 cm³/mol. The van der Waals surface area contributed by atoms with Gasteiger partial charge in [-0.25, -0.2) is 4.98 Å². The number of fused-ring (bicyclic) bond motifs is 1. The first-order valence-corrected chi connectivity index (χ1v) is 11.4. The molecule has 0 spiro atoms. The van der Waals surface area contributed by atoms with Crippen molar-refractivity contribution in [2.24, 2.45) is 7.05 Å². The van der Waals surface area contributed by atoms with Crippen LogP contribution in [0.15, 0.2) is 48.9 Å². The molecule has 1 aromatic carbocycles. The van der Waals surface area contributed by atoms with Crippen LogP contribution in [-0.2, 0) is 7.05 Å². The molecule has 4 aromatic rings. The van der Waals surface area contributed by atoms with Gasteiger partial charge < -0.3 is 5.32 Å². The van der Waals surface area contributed by atoms with E-state index in [-0.39, 0.29) is 5.91 Å². The van der Waals surface area contributed by atoms with E-state index in [1.165, 1.54) is 49.6 Å². The number of carbonyl (C=O) groups excluding carboxylic acids is 1. The van der Waals surface area contributed by atoms with Crippen molar-refractivity contribution in [3.8, 4) is 11.3 Å². The average molecular weight is 427 g/mol. The van der Waals surface area contributed by atoms with Crippen LogP contribution < -0.4 is 5.32 Å². The van der Waals surface area contributed by atoms with E-state index in [9.17, 15) is 4.79 Å². The van der Waals surface area contributed by atoms with E-state index in [1.807, 2.05) is 31.6 Å². The number of nitrogens with one attached hydrogen (secondary N) is 1. The molecule has 0 atom stereocenters. The van der Waals surface area contributed by atoms with Crippen LogP contribution in [0.3, 0.4) is 0 Å². The molecule has 2 aliphatic rings. The number of nitrogens with zero attached hydrogens (tertiary/aromatic N) is 5. The third kappa shape index (κ3) is 3.47. The number of benzene rings is 1. The Morgan fingerprint density at radius 1 is 1.06 bits per heavy atom. The number of aryl methyl sites for hydroxylation is 1. The molecule has 7 nitrogen and oxygen atoms in total. The summed E-state index contributed by atoms with van der Waals surface area (Å²) in [6.45, 7) is 0. The Kier molecular flexibility index (Phi) is 4.56. The van der Waals surface area contributed by atoms with Gasteiger partial charge >= 0.3 is 0 Å². The summed E-state index contributed by atoms with van der Waals surface area (Å²) in [5, 5.41) is 13.1. The molecule has 0 saturated heterocycles. The summed E-state index contributed by atoms with van der Waals surface area (Å²) >= 11 is 0. The van der Waals surface area contributed by atoms with Gasteiger partial charge in [-0.15, -0.1) is 0 Å². The van der Waals surface area contributed by atoms with Crippen molar-refractivity contribution >= 4 is 22.5 Å². The molecule has 3 heterocycles. The first-order chi connectivity index (χ1) is 15.7. The number of hydrogen-bond acceptors (Lipinski definition) is 4. The van der Waals surface area contributed by atoms with Crippen LogP contribution in [0.4, 0.5) is 5.69 Å². The van der Waals surface area contributed by atoms with Crippen molar-refractivity contribution in [1.29, 1.82) is 0 Å². The average Bonchev–Trinajstić information content (AvgIpc) is 3.15. The minimum Gasteiger partial charge on any atom is -0.320 e. The first kappa shape index (κ1) is 19.2. The van der Waals surface area contributed by atoms with Crippen molar-refractivity contribution < 1.29 is 4.79 Å². The summed E-state index contributed by atoms with van der Waals surface area (Å²) in [7, 11) is 1.87. The highest BCUT2D eigenvalue weighted by Gasteiger charge is 2.29. The Balaban J connectivity index is 1.32. The van der Waals surface area contributed by atoms with E-state index in [2.05, 4.69) is 32.2 Å². The Morgan fingerprint density at radius 3 is 2.66 bits per heavy atom. The van der Waals surface area contributed by atoms with E-state index in [4.69, 9.17) is 5.10 Å². The van der Waals surface area contributed by atoms with Crippen molar-refractivity contribution in [3.05, 3.63) is 60.2 Å². The lowest BCUT2D eigenvalue weighted by atomic mass is 10.0.